The van der Waals surface area contributed by atoms with E-state index in [1.807, 2.05) is 6.08 Å². The molecule has 0 rings (SSSR count). The Bertz CT molecular complexity index is 612. The van der Waals surface area contributed by atoms with E-state index in [1.54, 1.807) is 6.08 Å². The van der Waals surface area contributed by atoms with Crippen molar-refractivity contribution in [2.24, 2.45) is 5.92 Å². The predicted octanol–water partition coefficient (Wildman–Crippen LogP) is 11.9. The molecule has 1 atom stereocenters. The van der Waals surface area contributed by atoms with Crippen molar-refractivity contribution in [2.45, 2.75) is 187 Å². The van der Waals surface area contributed by atoms with Crippen LogP contribution in [0.3, 0.4) is 0 Å². The number of aliphatic carboxylic acids is 1. The predicted molar refractivity (Wildman–Crippen MR) is 176 cm³/mol. The third kappa shape index (κ3) is 31.2. The highest BCUT2D eigenvalue weighted by Crippen LogP contribution is 2.16. The van der Waals surface area contributed by atoms with Gasteiger partial charge in [0.25, 0.3) is 0 Å². The van der Waals surface area contributed by atoms with Crippen molar-refractivity contribution in [3.63, 3.8) is 0 Å². The highest BCUT2D eigenvalue weighted by atomic mass is 16.5. The molecular formula is C37H68O4. The third-order valence-corrected chi connectivity index (χ3v) is 8.16. The van der Waals surface area contributed by atoms with E-state index in [9.17, 15) is 14.7 Å². The Kier molecular flexibility index (Phi) is 31.7. The van der Waals surface area contributed by atoms with Gasteiger partial charge in [-0.15, -0.1) is 0 Å². The van der Waals surface area contributed by atoms with Gasteiger partial charge in [-0.2, -0.15) is 0 Å². The van der Waals surface area contributed by atoms with Gasteiger partial charge in [0, 0.05) is 0 Å². The number of esters is 1. The van der Waals surface area contributed by atoms with Crippen LogP contribution in [0.1, 0.15) is 187 Å². The summed E-state index contributed by atoms with van der Waals surface area (Å²) in [6, 6.07) is 0. The van der Waals surface area contributed by atoms with Gasteiger partial charge >= 0.3 is 11.9 Å². The average Bonchev–Trinajstić information content (AvgIpc) is 2.96. The van der Waals surface area contributed by atoms with Crippen molar-refractivity contribution in [1.82, 2.24) is 0 Å². The van der Waals surface area contributed by atoms with Crippen LogP contribution in [-0.4, -0.2) is 23.7 Å². The zero-order chi connectivity index (χ0) is 30.1. The largest absolute Gasteiger partial charge is 0.481 e. The molecule has 0 radical (unpaired) electrons. The summed E-state index contributed by atoms with van der Waals surface area (Å²) in [6.45, 7) is 5.90. The van der Waals surface area contributed by atoms with Gasteiger partial charge in [-0.1, -0.05) is 192 Å². The monoisotopic (exact) mass is 577 g/mol. The molecule has 1 N–H and O–H groups in total. The fourth-order valence-corrected chi connectivity index (χ4v) is 5.47. The molecule has 0 saturated heterocycles. The number of carbonyl (C=O) groups is 2. The third-order valence-electron chi connectivity index (χ3n) is 8.16. The summed E-state index contributed by atoms with van der Waals surface area (Å²) < 4.78 is 4.88. The first-order valence-electron chi connectivity index (χ1n) is 17.8. The van der Waals surface area contributed by atoms with Crippen LogP contribution in [0, 0.1) is 5.92 Å². The fourth-order valence-electron chi connectivity index (χ4n) is 5.47. The Hall–Kier alpha value is -1.58. The zero-order valence-corrected chi connectivity index (χ0v) is 27.2. The van der Waals surface area contributed by atoms with Crippen LogP contribution in [0.2, 0.25) is 0 Å². The standard InChI is InChI=1S/C37H68O4/c1-3-5-6-7-8-9-10-11-12-13-14-15-16-17-18-19-20-21-22-23-24-25-26-27-28-29-30-31-32-35(37(39)40)34-36(38)41-33-4-2/h4,31-32,35H,2-3,5-30,33-34H2,1H3,(H,39,40)/b32-31+. The number of unbranched alkanes of at least 4 members (excludes halogenated alkanes) is 26. The van der Waals surface area contributed by atoms with Crippen molar-refractivity contribution >= 4 is 11.9 Å². The Labute approximate surface area is 255 Å². The van der Waals surface area contributed by atoms with E-state index in [0.717, 1.165) is 12.8 Å². The maximum Gasteiger partial charge on any atom is 0.310 e. The Morgan fingerprint density at radius 2 is 0.951 bits per heavy atom. The number of allylic oxidation sites excluding steroid dienone is 1. The number of hydrogen-bond donors (Lipinski definition) is 1. The lowest BCUT2D eigenvalue weighted by molar-refractivity contribution is -0.149. The molecule has 0 spiro atoms. The van der Waals surface area contributed by atoms with Crippen molar-refractivity contribution in [2.75, 3.05) is 6.61 Å². The summed E-state index contributed by atoms with van der Waals surface area (Å²) >= 11 is 0. The van der Waals surface area contributed by atoms with Crippen molar-refractivity contribution < 1.29 is 19.4 Å². The van der Waals surface area contributed by atoms with Crippen LogP contribution in [0.4, 0.5) is 0 Å². The molecular weight excluding hydrogens is 508 g/mol. The molecule has 41 heavy (non-hydrogen) atoms. The number of carboxylic acid groups (broad SMARTS) is 1. The first-order valence-corrected chi connectivity index (χ1v) is 17.8. The molecule has 0 saturated carbocycles. The first kappa shape index (κ1) is 39.4. The van der Waals surface area contributed by atoms with E-state index in [0.29, 0.717) is 0 Å². The van der Waals surface area contributed by atoms with Gasteiger partial charge in [-0.05, 0) is 12.8 Å². The number of hydrogen-bond acceptors (Lipinski definition) is 3. The van der Waals surface area contributed by atoms with E-state index < -0.39 is 17.9 Å². The first-order chi connectivity index (χ1) is 20.1. The number of rotatable bonds is 33. The fraction of sp³-hybridized carbons (Fsp3) is 0.838. The van der Waals surface area contributed by atoms with Crippen LogP contribution in [-0.2, 0) is 14.3 Å². The van der Waals surface area contributed by atoms with E-state index in [-0.39, 0.29) is 13.0 Å². The van der Waals surface area contributed by atoms with Crippen molar-refractivity contribution in [3.05, 3.63) is 24.8 Å². The number of carbonyl (C=O) groups excluding carboxylic acids is 1. The van der Waals surface area contributed by atoms with E-state index in [1.165, 1.54) is 167 Å². The van der Waals surface area contributed by atoms with Gasteiger partial charge < -0.3 is 9.84 Å². The second kappa shape index (κ2) is 32.9. The lowest BCUT2D eigenvalue weighted by atomic mass is 10.0. The summed E-state index contributed by atoms with van der Waals surface area (Å²) in [7, 11) is 0. The molecule has 240 valence electrons. The molecule has 4 heteroatoms. The van der Waals surface area contributed by atoms with Crippen LogP contribution >= 0.6 is 0 Å². The maximum atomic E-state index is 11.6. The molecule has 1 unspecified atom stereocenters. The van der Waals surface area contributed by atoms with E-state index >= 15 is 0 Å². The Balaban J connectivity index is 3.31. The molecule has 0 aliphatic carbocycles. The van der Waals surface area contributed by atoms with Gasteiger partial charge in [-0.25, -0.2) is 0 Å². The molecule has 0 aliphatic rings. The molecule has 0 aromatic rings. The minimum atomic E-state index is -0.984. The highest BCUT2D eigenvalue weighted by Gasteiger charge is 2.18. The number of carboxylic acids is 1. The smallest absolute Gasteiger partial charge is 0.310 e. The summed E-state index contributed by atoms with van der Waals surface area (Å²) in [5.74, 6) is -2.29. The zero-order valence-electron chi connectivity index (χ0n) is 27.2. The quantitative estimate of drug-likeness (QED) is 0.0479. The lowest BCUT2D eigenvalue weighted by Gasteiger charge is -2.07. The number of ether oxygens (including phenoxy) is 1. The van der Waals surface area contributed by atoms with Crippen molar-refractivity contribution in [3.8, 4) is 0 Å². The average molecular weight is 577 g/mol. The van der Waals surface area contributed by atoms with Crippen LogP contribution in [0.5, 0.6) is 0 Å². The molecule has 0 heterocycles. The lowest BCUT2D eigenvalue weighted by Crippen LogP contribution is -2.17. The minimum Gasteiger partial charge on any atom is -0.481 e. The summed E-state index contributed by atoms with van der Waals surface area (Å²) in [5.41, 5.74) is 0. The molecule has 0 aromatic carbocycles. The normalized spacial score (nSPS) is 12.1. The van der Waals surface area contributed by atoms with Gasteiger partial charge in [-0.3, -0.25) is 9.59 Å². The van der Waals surface area contributed by atoms with Crippen molar-refractivity contribution in [1.29, 1.82) is 0 Å². The Morgan fingerprint density at radius 3 is 1.27 bits per heavy atom. The minimum absolute atomic E-state index is 0.120. The van der Waals surface area contributed by atoms with Crippen LogP contribution in [0.15, 0.2) is 24.8 Å². The SMILES string of the molecule is C=CCOC(=O)CC(/C=C/CCCCCCCCCCCCCCCCCCCCCCCCCCCC)C(=O)O. The molecule has 0 fully saturated rings. The second-order valence-electron chi connectivity index (χ2n) is 12.2. The highest BCUT2D eigenvalue weighted by molar-refractivity contribution is 5.80. The van der Waals surface area contributed by atoms with Gasteiger partial charge in [0.1, 0.15) is 6.61 Å². The molecule has 0 aromatic heterocycles. The summed E-state index contributed by atoms with van der Waals surface area (Å²) in [6.07, 6.45) is 42.0. The Morgan fingerprint density at radius 1 is 0.610 bits per heavy atom. The summed E-state index contributed by atoms with van der Waals surface area (Å²) in [5, 5.41) is 9.27. The van der Waals surface area contributed by atoms with Crippen LogP contribution < -0.4 is 0 Å². The molecule has 0 aliphatic heterocycles. The van der Waals surface area contributed by atoms with E-state index in [2.05, 4.69) is 13.5 Å². The van der Waals surface area contributed by atoms with E-state index in [4.69, 9.17) is 4.74 Å². The van der Waals surface area contributed by atoms with Gasteiger partial charge in [0.2, 0.25) is 0 Å². The molecule has 4 nitrogen and oxygen atoms in total. The van der Waals surface area contributed by atoms with Gasteiger partial charge in [0.15, 0.2) is 0 Å². The molecule has 0 amide bonds. The molecule has 0 bridgehead atoms. The summed E-state index contributed by atoms with van der Waals surface area (Å²) in [4.78, 5) is 22.9. The second-order valence-corrected chi connectivity index (χ2v) is 12.2. The topological polar surface area (TPSA) is 63.6 Å². The van der Waals surface area contributed by atoms with Crippen LogP contribution in [0.25, 0.3) is 0 Å². The van der Waals surface area contributed by atoms with Gasteiger partial charge in [0.05, 0.1) is 12.3 Å². The maximum absolute atomic E-state index is 11.6.